The molecule has 3 nitrogen and oxygen atoms in total. The van der Waals surface area contributed by atoms with Crippen LogP contribution in [0.1, 0.15) is 5.56 Å². The Morgan fingerprint density at radius 1 is 1.31 bits per heavy atom. The molecule has 2 N–H and O–H groups in total. The van der Waals surface area contributed by atoms with Crippen molar-refractivity contribution in [1.82, 2.24) is 5.32 Å². The molecular formula is C11H12N2OS2. The third-order valence-corrected chi connectivity index (χ3v) is 3.55. The van der Waals surface area contributed by atoms with Gasteiger partial charge in [-0.3, -0.25) is 5.32 Å². The second-order valence-corrected chi connectivity index (χ2v) is 4.97. The van der Waals surface area contributed by atoms with Crippen molar-refractivity contribution in [3.05, 3.63) is 39.9 Å². The van der Waals surface area contributed by atoms with Crippen molar-refractivity contribution in [3.63, 3.8) is 0 Å². The molecule has 2 aromatic rings. The smallest absolute Gasteiger partial charge is 0.319 e. The minimum Gasteiger partial charge on any atom is -0.338 e. The second kappa shape index (κ2) is 5.67. The minimum absolute atomic E-state index is 0.141. The maximum Gasteiger partial charge on any atom is 0.319 e. The lowest BCUT2D eigenvalue weighted by molar-refractivity contribution is 0.252. The summed E-state index contributed by atoms with van der Waals surface area (Å²) in [4.78, 5) is 11.4. The number of amides is 2. The Morgan fingerprint density at radius 2 is 2.25 bits per heavy atom. The quantitative estimate of drug-likeness (QED) is 0.862. The van der Waals surface area contributed by atoms with Gasteiger partial charge >= 0.3 is 6.03 Å². The Kier molecular flexibility index (Phi) is 3.96. The molecule has 0 aliphatic carbocycles. The van der Waals surface area contributed by atoms with Crippen LogP contribution in [0.25, 0.3) is 0 Å². The summed E-state index contributed by atoms with van der Waals surface area (Å²) in [6, 6.07) is 5.72. The zero-order valence-corrected chi connectivity index (χ0v) is 10.2. The number of hydrogen-bond donors (Lipinski definition) is 2. The van der Waals surface area contributed by atoms with Crippen LogP contribution in [0, 0.1) is 0 Å². The Bertz CT molecular complexity index is 423. The Labute approximate surface area is 102 Å². The van der Waals surface area contributed by atoms with Gasteiger partial charge in [0.15, 0.2) is 0 Å². The van der Waals surface area contributed by atoms with Gasteiger partial charge in [-0.25, -0.2) is 4.79 Å². The number of rotatable bonds is 4. The van der Waals surface area contributed by atoms with Gasteiger partial charge in [-0.15, -0.1) is 11.3 Å². The second-order valence-electron chi connectivity index (χ2n) is 3.24. The molecule has 5 heteroatoms. The van der Waals surface area contributed by atoms with Crippen molar-refractivity contribution >= 4 is 33.7 Å². The molecule has 0 atom stereocenters. The molecule has 2 heterocycles. The number of carbonyl (C=O) groups excluding carboxylic acids is 1. The number of thiophene rings is 2. The first-order chi connectivity index (χ1) is 7.84. The number of anilines is 1. The van der Waals surface area contributed by atoms with Crippen LogP contribution >= 0.6 is 22.7 Å². The van der Waals surface area contributed by atoms with Gasteiger partial charge in [0.25, 0.3) is 0 Å². The fourth-order valence-electron chi connectivity index (χ4n) is 1.26. The topological polar surface area (TPSA) is 41.1 Å². The van der Waals surface area contributed by atoms with Crippen LogP contribution in [0.5, 0.6) is 0 Å². The van der Waals surface area contributed by atoms with E-state index in [2.05, 4.69) is 22.1 Å². The number of carbonyl (C=O) groups is 1. The lowest BCUT2D eigenvalue weighted by atomic mass is 10.2. The van der Waals surface area contributed by atoms with E-state index >= 15 is 0 Å². The van der Waals surface area contributed by atoms with Crippen LogP contribution < -0.4 is 10.6 Å². The summed E-state index contributed by atoms with van der Waals surface area (Å²) in [6.07, 6.45) is 0.876. The molecule has 0 spiro atoms. The van der Waals surface area contributed by atoms with Crippen LogP contribution in [0.2, 0.25) is 0 Å². The van der Waals surface area contributed by atoms with E-state index in [1.165, 1.54) is 16.9 Å². The molecule has 0 fully saturated rings. The van der Waals surface area contributed by atoms with Crippen LogP contribution in [0.15, 0.2) is 34.3 Å². The third kappa shape index (κ3) is 3.36. The molecule has 0 radical (unpaired) electrons. The molecule has 0 aromatic carbocycles. The highest BCUT2D eigenvalue weighted by Gasteiger charge is 2.01. The summed E-state index contributed by atoms with van der Waals surface area (Å²) < 4.78 is 0. The lowest BCUT2D eigenvalue weighted by Crippen LogP contribution is -2.30. The fourth-order valence-corrected chi connectivity index (χ4v) is 2.58. The van der Waals surface area contributed by atoms with E-state index in [9.17, 15) is 4.79 Å². The molecule has 2 rings (SSSR count). The van der Waals surface area contributed by atoms with E-state index in [1.807, 2.05) is 22.9 Å². The Morgan fingerprint density at radius 3 is 2.94 bits per heavy atom. The van der Waals surface area contributed by atoms with E-state index in [4.69, 9.17) is 0 Å². The highest BCUT2D eigenvalue weighted by atomic mass is 32.1. The maximum absolute atomic E-state index is 11.4. The van der Waals surface area contributed by atoms with Crippen LogP contribution in [-0.4, -0.2) is 12.6 Å². The van der Waals surface area contributed by atoms with Gasteiger partial charge in [-0.2, -0.15) is 11.3 Å². The van der Waals surface area contributed by atoms with Gasteiger partial charge < -0.3 is 5.32 Å². The van der Waals surface area contributed by atoms with Crippen molar-refractivity contribution in [3.8, 4) is 0 Å². The average molecular weight is 252 g/mol. The molecule has 0 unspecified atom stereocenters. The van der Waals surface area contributed by atoms with Crippen molar-refractivity contribution in [1.29, 1.82) is 0 Å². The largest absolute Gasteiger partial charge is 0.338 e. The summed E-state index contributed by atoms with van der Waals surface area (Å²) in [7, 11) is 0. The molecule has 0 aliphatic rings. The standard InChI is InChI=1S/C11H12N2OS2/c14-11(13-10-2-1-6-16-10)12-5-3-9-4-7-15-8-9/h1-2,4,6-8H,3,5H2,(H2,12,13,14). The van der Waals surface area contributed by atoms with Gasteiger partial charge in [0, 0.05) is 6.54 Å². The average Bonchev–Trinajstić information content (AvgIpc) is 2.90. The van der Waals surface area contributed by atoms with Crippen molar-refractivity contribution in [2.45, 2.75) is 6.42 Å². The van der Waals surface area contributed by atoms with Gasteiger partial charge in [0.1, 0.15) is 0 Å². The molecule has 0 aliphatic heterocycles. The van der Waals surface area contributed by atoms with E-state index in [-0.39, 0.29) is 6.03 Å². The fraction of sp³-hybridized carbons (Fsp3) is 0.182. The molecule has 0 bridgehead atoms. The van der Waals surface area contributed by atoms with Crippen LogP contribution in [-0.2, 0) is 6.42 Å². The third-order valence-electron chi connectivity index (χ3n) is 2.04. The van der Waals surface area contributed by atoms with Gasteiger partial charge in [0.2, 0.25) is 0 Å². The van der Waals surface area contributed by atoms with E-state index < -0.39 is 0 Å². The van der Waals surface area contributed by atoms with Crippen molar-refractivity contribution in [2.24, 2.45) is 0 Å². The molecular weight excluding hydrogens is 240 g/mol. The number of urea groups is 1. The predicted molar refractivity (Wildman–Crippen MR) is 69.4 cm³/mol. The van der Waals surface area contributed by atoms with E-state index in [0.717, 1.165) is 11.4 Å². The van der Waals surface area contributed by atoms with Gasteiger partial charge in [-0.1, -0.05) is 0 Å². The summed E-state index contributed by atoms with van der Waals surface area (Å²) in [5.74, 6) is 0. The molecule has 0 saturated carbocycles. The SMILES string of the molecule is O=C(NCCc1ccsc1)Nc1cccs1. The summed E-state index contributed by atoms with van der Waals surface area (Å²) in [5, 5.41) is 12.5. The first-order valence-corrected chi connectivity index (χ1v) is 6.76. The van der Waals surface area contributed by atoms with E-state index in [0.29, 0.717) is 6.54 Å². The first-order valence-electron chi connectivity index (χ1n) is 4.94. The summed E-state index contributed by atoms with van der Waals surface area (Å²) in [5.41, 5.74) is 1.27. The molecule has 2 aromatic heterocycles. The van der Waals surface area contributed by atoms with Gasteiger partial charge in [0.05, 0.1) is 5.00 Å². The van der Waals surface area contributed by atoms with Gasteiger partial charge in [-0.05, 0) is 46.3 Å². The van der Waals surface area contributed by atoms with Crippen LogP contribution in [0.4, 0.5) is 9.80 Å². The predicted octanol–water partition coefficient (Wildman–Crippen LogP) is 3.17. The zero-order valence-electron chi connectivity index (χ0n) is 8.60. The number of hydrogen-bond acceptors (Lipinski definition) is 3. The van der Waals surface area contributed by atoms with Crippen molar-refractivity contribution < 1.29 is 4.79 Å². The highest BCUT2D eigenvalue weighted by Crippen LogP contribution is 2.14. The highest BCUT2D eigenvalue weighted by molar-refractivity contribution is 7.14. The summed E-state index contributed by atoms with van der Waals surface area (Å²) in [6.45, 7) is 0.661. The van der Waals surface area contributed by atoms with Crippen LogP contribution in [0.3, 0.4) is 0 Å². The first kappa shape index (κ1) is 11.2. The van der Waals surface area contributed by atoms with E-state index in [1.54, 1.807) is 11.3 Å². The normalized spacial score (nSPS) is 10.0. The molecule has 16 heavy (non-hydrogen) atoms. The molecule has 0 saturated heterocycles. The lowest BCUT2D eigenvalue weighted by Gasteiger charge is -2.04. The Balaban J connectivity index is 1.68. The van der Waals surface area contributed by atoms with Crippen molar-refractivity contribution in [2.75, 3.05) is 11.9 Å². The monoisotopic (exact) mass is 252 g/mol. The molecule has 2 amide bonds. The number of nitrogens with one attached hydrogen (secondary N) is 2. The summed E-state index contributed by atoms with van der Waals surface area (Å²) >= 11 is 3.19. The maximum atomic E-state index is 11.4. The zero-order chi connectivity index (χ0) is 11.2. The molecule has 84 valence electrons. The minimum atomic E-state index is -0.141. The Hall–Kier alpha value is -1.33.